The van der Waals surface area contributed by atoms with Gasteiger partial charge in [-0.1, -0.05) is 0 Å². The summed E-state index contributed by atoms with van der Waals surface area (Å²) in [4.78, 5) is 24.6. The molecule has 3 aromatic rings. The van der Waals surface area contributed by atoms with E-state index in [2.05, 4.69) is 30.7 Å². The average molecular weight is 353 g/mol. The minimum atomic E-state index is -0.243. The molecule has 0 aliphatic heterocycles. The van der Waals surface area contributed by atoms with Crippen LogP contribution in [0.1, 0.15) is 16.1 Å². The van der Waals surface area contributed by atoms with Gasteiger partial charge in [-0.15, -0.1) is 0 Å². The molecule has 3 heterocycles. The van der Waals surface area contributed by atoms with Crippen LogP contribution in [0, 0.1) is 6.92 Å². The maximum absolute atomic E-state index is 12.2. The fourth-order valence-corrected chi connectivity index (χ4v) is 2.30. The maximum Gasteiger partial charge on any atom is 0.256 e. The van der Waals surface area contributed by atoms with Crippen molar-refractivity contribution in [1.29, 1.82) is 0 Å². The highest BCUT2D eigenvalue weighted by molar-refractivity contribution is 5.96. The second-order valence-corrected chi connectivity index (χ2v) is 5.41. The highest BCUT2D eigenvalue weighted by Gasteiger charge is 2.11. The lowest BCUT2D eigenvalue weighted by atomic mass is 10.2. The number of aromatic nitrogens is 5. The standard InChI is InChI=1S/C17H19N7O2/c1-12-5-9-24(23-12)15-10-14(21-11-22-15)18-7-8-19-16(25)13-4-3-6-20-17(13)26-2/h3-6,9-11H,7-8H2,1-2H3,(H,19,25)(H,18,21,22). The molecule has 0 saturated heterocycles. The minimum absolute atomic E-state index is 0.243. The fourth-order valence-electron chi connectivity index (χ4n) is 2.30. The Morgan fingerprint density at radius 2 is 2.12 bits per heavy atom. The van der Waals surface area contributed by atoms with E-state index in [4.69, 9.17) is 4.74 Å². The average Bonchev–Trinajstić information content (AvgIpc) is 3.11. The van der Waals surface area contributed by atoms with Gasteiger partial charge in [0.05, 0.1) is 12.8 Å². The topological polar surface area (TPSA) is 107 Å². The first-order valence-electron chi connectivity index (χ1n) is 8.03. The van der Waals surface area contributed by atoms with Crippen LogP contribution < -0.4 is 15.4 Å². The Labute approximate surface area is 150 Å². The lowest BCUT2D eigenvalue weighted by Gasteiger charge is -2.09. The van der Waals surface area contributed by atoms with E-state index in [1.807, 2.05) is 19.2 Å². The van der Waals surface area contributed by atoms with Crippen molar-refractivity contribution in [3.05, 3.63) is 54.2 Å². The van der Waals surface area contributed by atoms with Crippen molar-refractivity contribution in [3.8, 4) is 11.7 Å². The number of ether oxygens (including phenoxy) is 1. The van der Waals surface area contributed by atoms with Gasteiger partial charge in [0.2, 0.25) is 5.88 Å². The van der Waals surface area contributed by atoms with E-state index in [1.165, 1.54) is 13.4 Å². The second-order valence-electron chi connectivity index (χ2n) is 5.41. The number of hydrogen-bond acceptors (Lipinski definition) is 7. The number of hydrogen-bond donors (Lipinski definition) is 2. The van der Waals surface area contributed by atoms with E-state index in [-0.39, 0.29) is 5.91 Å². The van der Waals surface area contributed by atoms with Crippen LogP contribution in [0.3, 0.4) is 0 Å². The Morgan fingerprint density at radius 1 is 1.23 bits per heavy atom. The molecule has 0 aliphatic rings. The molecule has 9 heteroatoms. The van der Waals surface area contributed by atoms with Crippen molar-refractivity contribution in [3.63, 3.8) is 0 Å². The molecule has 1 amide bonds. The molecule has 0 saturated carbocycles. The zero-order chi connectivity index (χ0) is 18.4. The number of pyridine rings is 1. The Morgan fingerprint density at radius 3 is 2.88 bits per heavy atom. The highest BCUT2D eigenvalue weighted by Crippen LogP contribution is 2.13. The van der Waals surface area contributed by atoms with Crippen LogP contribution in [0.5, 0.6) is 5.88 Å². The Balaban J connectivity index is 1.53. The molecule has 3 aromatic heterocycles. The van der Waals surface area contributed by atoms with E-state index in [0.29, 0.717) is 36.2 Å². The van der Waals surface area contributed by atoms with E-state index in [0.717, 1.165) is 5.69 Å². The van der Waals surface area contributed by atoms with Gasteiger partial charge in [0.1, 0.15) is 17.7 Å². The molecule has 9 nitrogen and oxygen atoms in total. The van der Waals surface area contributed by atoms with Gasteiger partial charge in [-0.05, 0) is 25.1 Å². The predicted octanol–water partition coefficient (Wildman–Crippen LogP) is 1.22. The van der Waals surface area contributed by atoms with Crippen LogP contribution in [0.15, 0.2) is 43.0 Å². The lowest BCUT2D eigenvalue weighted by Crippen LogP contribution is -2.29. The van der Waals surface area contributed by atoms with Crippen molar-refractivity contribution in [2.24, 2.45) is 0 Å². The Hall–Kier alpha value is -3.49. The van der Waals surface area contributed by atoms with E-state index >= 15 is 0 Å². The number of carbonyl (C=O) groups is 1. The lowest BCUT2D eigenvalue weighted by molar-refractivity contribution is 0.0951. The van der Waals surface area contributed by atoms with Gasteiger partial charge >= 0.3 is 0 Å². The van der Waals surface area contributed by atoms with Crippen LogP contribution in [-0.4, -0.2) is 50.8 Å². The van der Waals surface area contributed by atoms with Crippen LogP contribution in [0.2, 0.25) is 0 Å². The minimum Gasteiger partial charge on any atom is -0.480 e. The maximum atomic E-state index is 12.2. The summed E-state index contributed by atoms with van der Waals surface area (Å²) < 4.78 is 6.77. The molecule has 3 rings (SSSR count). The number of aryl methyl sites for hydroxylation is 1. The van der Waals surface area contributed by atoms with E-state index < -0.39 is 0 Å². The quantitative estimate of drug-likeness (QED) is 0.615. The Bertz CT molecular complexity index is 894. The Kier molecular flexibility index (Phi) is 5.37. The third-order valence-electron chi connectivity index (χ3n) is 3.54. The van der Waals surface area contributed by atoms with Crippen LogP contribution in [0.4, 0.5) is 5.82 Å². The molecule has 0 fully saturated rings. The molecular formula is C17H19N7O2. The number of anilines is 1. The first kappa shape index (κ1) is 17.3. The van der Waals surface area contributed by atoms with Gasteiger partial charge in [-0.2, -0.15) is 5.10 Å². The molecule has 0 aliphatic carbocycles. The summed E-state index contributed by atoms with van der Waals surface area (Å²) in [6.07, 6.45) is 4.88. The number of nitrogens with one attached hydrogen (secondary N) is 2. The molecule has 2 N–H and O–H groups in total. The molecule has 26 heavy (non-hydrogen) atoms. The normalized spacial score (nSPS) is 10.4. The van der Waals surface area contributed by atoms with Crippen molar-refractivity contribution in [2.45, 2.75) is 6.92 Å². The van der Waals surface area contributed by atoms with Gasteiger partial charge in [-0.3, -0.25) is 4.79 Å². The van der Waals surface area contributed by atoms with Gasteiger partial charge in [-0.25, -0.2) is 19.6 Å². The summed E-state index contributed by atoms with van der Waals surface area (Å²) in [6, 6.07) is 7.04. The molecule has 0 unspecified atom stereocenters. The molecule has 134 valence electrons. The largest absolute Gasteiger partial charge is 0.480 e. The first-order chi connectivity index (χ1) is 12.7. The summed E-state index contributed by atoms with van der Waals surface area (Å²) in [6.45, 7) is 2.83. The van der Waals surface area contributed by atoms with Crippen molar-refractivity contribution < 1.29 is 9.53 Å². The number of amides is 1. The summed E-state index contributed by atoms with van der Waals surface area (Å²) in [5.74, 6) is 1.37. The van der Waals surface area contributed by atoms with Crippen LogP contribution >= 0.6 is 0 Å². The summed E-state index contributed by atoms with van der Waals surface area (Å²) in [5, 5.41) is 10.3. The first-order valence-corrected chi connectivity index (χ1v) is 8.03. The van der Waals surface area contributed by atoms with E-state index in [9.17, 15) is 4.79 Å². The zero-order valence-electron chi connectivity index (χ0n) is 14.5. The number of rotatable bonds is 7. The summed E-state index contributed by atoms with van der Waals surface area (Å²) in [5.41, 5.74) is 1.31. The zero-order valence-corrected chi connectivity index (χ0v) is 14.5. The van der Waals surface area contributed by atoms with Crippen molar-refractivity contribution in [1.82, 2.24) is 30.0 Å². The number of methoxy groups -OCH3 is 1. The SMILES string of the molecule is COc1ncccc1C(=O)NCCNc1cc(-n2ccc(C)n2)ncn1. The molecule has 0 spiro atoms. The summed E-state index contributed by atoms with van der Waals surface area (Å²) >= 11 is 0. The number of nitrogens with zero attached hydrogens (tertiary/aromatic N) is 5. The highest BCUT2D eigenvalue weighted by atomic mass is 16.5. The molecule has 0 radical (unpaired) electrons. The van der Waals surface area contributed by atoms with Gasteiger partial charge in [0.25, 0.3) is 5.91 Å². The van der Waals surface area contributed by atoms with Gasteiger partial charge in [0, 0.05) is 31.5 Å². The van der Waals surface area contributed by atoms with Crippen molar-refractivity contribution >= 4 is 11.7 Å². The molecule has 0 atom stereocenters. The van der Waals surface area contributed by atoms with E-state index in [1.54, 1.807) is 29.1 Å². The van der Waals surface area contributed by atoms with Crippen LogP contribution in [0.25, 0.3) is 5.82 Å². The fraction of sp³-hybridized carbons (Fsp3) is 0.235. The molecular weight excluding hydrogens is 334 g/mol. The van der Waals surface area contributed by atoms with Crippen molar-refractivity contribution in [2.75, 3.05) is 25.5 Å². The summed E-state index contributed by atoms with van der Waals surface area (Å²) in [7, 11) is 1.48. The molecule has 0 aromatic carbocycles. The van der Waals surface area contributed by atoms with Gasteiger partial charge in [0.15, 0.2) is 5.82 Å². The molecule has 0 bridgehead atoms. The monoisotopic (exact) mass is 353 g/mol. The third-order valence-corrected chi connectivity index (χ3v) is 3.54. The number of carbonyl (C=O) groups excluding carboxylic acids is 1. The third kappa shape index (κ3) is 4.12. The van der Waals surface area contributed by atoms with Crippen LogP contribution in [-0.2, 0) is 0 Å². The second kappa shape index (κ2) is 8.06. The smallest absolute Gasteiger partial charge is 0.256 e. The van der Waals surface area contributed by atoms with Gasteiger partial charge < -0.3 is 15.4 Å². The predicted molar refractivity (Wildman–Crippen MR) is 95.5 cm³/mol.